The molecule has 2 aliphatic rings. The molecule has 39 heavy (non-hydrogen) atoms. The molecule has 2 unspecified atom stereocenters. The molecule has 1 aliphatic heterocycles. The molecule has 1 aromatic carbocycles. The number of aliphatic hydroxyl groups excluding tert-OH is 2. The van der Waals surface area contributed by atoms with Gasteiger partial charge in [-0.05, 0) is 68.7 Å². The Kier molecular flexibility index (Phi) is 10.9. The van der Waals surface area contributed by atoms with Crippen molar-refractivity contribution in [2.75, 3.05) is 13.1 Å². The van der Waals surface area contributed by atoms with E-state index in [9.17, 15) is 15.3 Å². The molecule has 1 fully saturated rings. The Balaban J connectivity index is 1.51. The minimum Gasteiger partial charge on any atom is -0.378 e. The van der Waals surface area contributed by atoms with E-state index in [0.29, 0.717) is 36.6 Å². The molecule has 0 bridgehead atoms. The predicted molar refractivity (Wildman–Crippen MR) is 158 cm³/mol. The van der Waals surface area contributed by atoms with Crippen molar-refractivity contribution in [3.63, 3.8) is 0 Å². The van der Waals surface area contributed by atoms with Gasteiger partial charge in [-0.15, -0.1) is 0 Å². The van der Waals surface area contributed by atoms with E-state index in [-0.39, 0.29) is 5.92 Å². The minimum atomic E-state index is -1.29. The van der Waals surface area contributed by atoms with Gasteiger partial charge in [0.05, 0.1) is 22.1 Å². The molecule has 4 rings (SSSR count). The highest BCUT2D eigenvalue weighted by atomic mass is 35.5. The minimum absolute atomic E-state index is 0.0410. The molecule has 0 spiro atoms. The maximum Gasteiger partial charge on any atom is 0.151 e. The van der Waals surface area contributed by atoms with Gasteiger partial charge in [0.25, 0.3) is 0 Å². The van der Waals surface area contributed by atoms with Crippen LogP contribution >= 0.6 is 11.6 Å². The number of halogens is 1. The summed E-state index contributed by atoms with van der Waals surface area (Å²) in [5.74, 6) is 0.430. The Labute approximate surface area is 237 Å². The fraction of sp³-hybridized carbons (Fsp3) is 0.500. The highest BCUT2D eigenvalue weighted by Crippen LogP contribution is 2.30. The van der Waals surface area contributed by atoms with Gasteiger partial charge in [-0.25, -0.2) is 9.97 Å². The highest BCUT2D eigenvalue weighted by Gasteiger charge is 2.36. The molecule has 2 atom stereocenters. The summed E-state index contributed by atoms with van der Waals surface area (Å²) in [5.41, 5.74) is 4.05. The molecule has 1 aliphatic carbocycles. The van der Waals surface area contributed by atoms with E-state index in [0.717, 1.165) is 66.4 Å². The largest absolute Gasteiger partial charge is 0.378 e. The lowest BCUT2D eigenvalue weighted by atomic mass is 9.87. The van der Waals surface area contributed by atoms with Crippen LogP contribution in [0.4, 0.5) is 0 Å². The number of aliphatic hydroxyl groups is 3. The van der Waals surface area contributed by atoms with E-state index in [1.807, 2.05) is 24.3 Å². The lowest BCUT2D eigenvalue weighted by molar-refractivity contribution is -0.0739. The first kappa shape index (κ1) is 29.6. The van der Waals surface area contributed by atoms with Gasteiger partial charge in [-0.3, -0.25) is 4.90 Å². The molecule has 1 saturated heterocycles. The van der Waals surface area contributed by atoms with E-state index in [4.69, 9.17) is 21.6 Å². The summed E-state index contributed by atoms with van der Waals surface area (Å²) in [4.78, 5) is 12.2. The number of allylic oxidation sites excluding steroid dienone is 3. The molecule has 1 aromatic heterocycles. The normalized spacial score (nSPS) is 19.1. The molecule has 0 saturated carbocycles. The lowest BCUT2D eigenvalue weighted by Gasteiger charge is -2.45. The third-order valence-corrected chi connectivity index (χ3v) is 7.82. The zero-order valence-electron chi connectivity index (χ0n) is 23.1. The molecular weight excluding hydrogens is 510 g/mol. The second-order valence-corrected chi connectivity index (χ2v) is 11.1. The predicted octanol–water partition coefficient (Wildman–Crippen LogP) is 4.34. The van der Waals surface area contributed by atoms with E-state index in [2.05, 4.69) is 49.1 Å². The fourth-order valence-electron chi connectivity index (χ4n) is 5.33. The van der Waals surface area contributed by atoms with E-state index < -0.39 is 12.5 Å². The van der Waals surface area contributed by atoms with Crippen LogP contribution in [0.3, 0.4) is 0 Å². The van der Waals surface area contributed by atoms with Crippen LogP contribution in [-0.2, 0) is 6.42 Å². The van der Waals surface area contributed by atoms with Crippen LogP contribution < -0.4 is 10.7 Å². The van der Waals surface area contributed by atoms with Crippen molar-refractivity contribution in [1.29, 1.82) is 0 Å². The van der Waals surface area contributed by atoms with Gasteiger partial charge >= 0.3 is 0 Å². The number of fused-ring (bicyclic) bond motifs is 1. The summed E-state index contributed by atoms with van der Waals surface area (Å²) in [6.07, 6.45) is 15.6. The maximum atomic E-state index is 11.2. The first-order chi connectivity index (χ1) is 18.9. The lowest BCUT2D eigenvalue weighted by Crippen LogP contribution is -2.55. The Hall–Kier alpha value is -2.35. The topological polar surface area (TPSA) is 89.7 Å². The van der Waals surface area contributed by atoms with Gasteiger partial charge in [0.2, 0.25) is 0 Å². The molecule has 0 radical (unpaired) electrons. The molecule has 0 amide bonds. The van der Waals surface area contributed by atoms with Crippen LogP contribution in [0.2, 0.25) is 5.02 Å². The SMILES string of the molecule is CC/C=C(\C=C/CCC)C1CN(C(O)C2C=c3nc(CCCCC(O)O)c(-c4ccc(Cl)cc4)nc3=CC2)C1. The number of hydrogen-bond acceptors (Lipinski definition) is 6. The first-order valence-electron chi connectivity index (χ1n) is 14.4. The van der Waals surface area contributed by atoms with Gasteiger partial charge < -0.3 is 15.3 Å². The smallest absolute Gasteiger partial charge is 0.151 e. The van der Waals surface area contributed by atoms with Crippen LogP contribution in [0.1, 0.15) is 64.5 Å². The zero-order chi connectivity index (χ0) is 27.8. The first-order valence-corrected chi connectivity index (χ1v) is 14.8. The molecule has 210 valence electrons. The van der Waals surface area contributed by atoms with Gasteiger partial charge in [0, 0.05) is 35.5 Å². The summed E-state index contributed by atoms with van der Waals surface area (Å²) in [5, 5.41) is 32.0. The Morgan fingerprint density at radius 3 is 2.54 bits per heavy atom. The number of rotatable bonds is 13. The maximum absolute atomic E-state index is 11.2. The number of nitrogens with zero attached hydrogens (tertiary/aromatic N) is 3. The van der Waals surface area contributed by atoms with Crippen molar-refractivity contribution in [2.24, 2.45) is 11.8 Å². The molecule has 7 heteroatoms. The van der Waals surface area contributed by atoms with Crippen LogP contribution in [0.25, 0.3) is 23.4 Å². The highest BCUT2D eigenvalue weighted by molar-refractivity contribution is 6.30. The third kappa shape index (κ3) is 7.86. The van der Waals surface area contributed by atoms with Crippen LogP contribution in [-0.4, -0.2) is 55.8 Å². The van der Waals surface area contributed by atoms with Crippen LogP contribution in [0.5, 0.6) is 0 Å². The molecule has 2 aromatic rings. The second kappa shape index (κ2) is 14.3. The van der Waals surface area contributed by atoms with Gasteiger partial charge in [-0.2, -0.15) is 0 Å². The van der Waals surface area contributed by atoms with E-state index >= 15 is 0 Å². The van der Waals surface area contributed by atoms with Crippen molar-refractivity contribution in [2.45, 2.75) is 77.7 Å². The summed E-state index contributed by atoms with van der Waals surface area (Å²) < 4.78 is 0. The number of unbranched alkanes of at least 4 members (excludes halogenated alkanes) is 2. The molecular formula is C32H42ClN3O3. The van der Waals surface area contributed by atoms with Crippen molar-refractivity contribution < 1.29 is 15.3 Å². The molecule has 3 N–H and O–H groups in total. The molecule has 6 nitrogen and oxygen atoms in total. The molecule has 2 heterocycles. The average molecular weight is 552 g/mol. The van der Waals surface area contributed by atoms with Crippen LogP contribution in [0.15, 0.2) is 48.1 Å². The van der Waals surface area contributed by atoms with Crippen molar-refractivity contribution in [3.05, 3.63) is 69.5 Å². The Bertz CT molecular complexity index is 1270. The summed E-state index contributed by atoms with van der Waals surface area (Å²) in [6.45, 7) is 6.10. The number of aryl methyl sites for hydroxylation is 1. The number of likely N-dealkylation sites (tertiary alicyclic amines) is 1. The standard InChI is InChI=1S/C32H42ClN3O3/c1-3-5-6-10-22(9-4-2)25-20-36(21-25)32(39)24-15-18-27-29(19-24)34-28(11-7-8-12-30(37)38)31(35-27)23-13-16-26(33)17-14-23/h6,9-10,13-14,16-19,24-25,30,32,37-39H,3-5,7-8,11-12,15,20-21H2,1-2H3/b10-6-,22-9+. The van der Waals surface area contributed by atoms with Crippen molar-refractivity contribution in [1.82, 2.24) is 14.9 Å². The van der Waals surface area contributed by atoms with Crippen molar-refractivity contribution in [3.8, 4) is 11.3 Å². The van der Waals surface area contributed by atoms with Crippen molar-refractivity contribution >= 4 is 23.8 Å². The quantitative estimate of drug-likeness (QED) is 0.195. The number of hydrogen-bond donors (Lipinski definition) is 3. The summed E-state index contributed by atoms with van der Waals surface area (Å²) >= 11 is 6.12. The average Bonchev–Trinajstić information content (AvgIpc) is 2.90. The Morgan fingerprint density at radius 2 is 1.85 bits per heavy atom. The van der Waals surface area contributed by atoms with Gasteiger partial charge in [0.15, 0.2) is 6.29 Å². The van der Waals surface area contributed by atoms with Crippen LogP contribution in [0, 0.1) is 11.8 Å². The summed E-state index contributed by atoms with van der Waals surface area (Å²) in [7, 11) is 0. The monoisotopic (exact) mass is 551 g/mol. The van der Waals surface area contributed by atoms with Gasteiger partial charge in [-0.1, -0.05) is 68.3 Å². The third-order valence-electron chi connectivity index (χ3n) is 7.57. The summed E-state index contributed by atoms with van der Waals surface area (Å²) in [6, 6.07) is 7.62. The van der Waals surface area contributed by atoms with Gasteiger partial charge in [0.1, 0.15) is 6.23 Å². The zero-order valence-corrected chi connectivity index (χ0v) is 23.9. The van der Waals surface area contributed by atoms with E-state index in [1.165, 1.54) is 5.57 Å². The number of benzene rings is 1. The number of aromatic nitrogens is 2. The second-order valence-electron chi connectivity index (χ2n) is 10.7. The fourth-order valence-corrected chi connectivity index (χ4v) is 5.46. The Morgan fingerprint density at radius 1 is 1.08 bits per heavy atom. The van der Waals surface area contributed by atoms with E-state index in [1.54, 1.807) is 0 Å².